The number of fused-ring (bicyclic) bond motifs is 1. The fraction of sp³-hybridized carbons (Fsp3) is 0.423. The summed E-state index contributed by atoms with van der Waals surface area (Å²) in [6.07, 6.45) is 3.89. The third-order valence-corrected chi connectivity index (χ3v) is 5.60. The van der Waals surface area contributed by atoms with E-state index >= 15 is 0 Å². The van der Waals surface area contributed by atoms with Crippen LogP contribution in [-0.2, 0) is 4.74 Å². The van der Waals surface area contributed by atoms with Crippen LogP contribution in [0, 0.1) is 0 Å². The Morgan fingerprint density at radius 2 is 1.52 bits per heavy atom. The molecular weight excluding hydrogens is 422 g/mol. The predicted molar refractivity (Wildman–Crippen MR) is 140 cm³/mol. The van der Waals surface area contributed by atoms with Gasteiger partial charge >= 0.3 is 0 Å². The van der Waals surface area contributed by atoms with Crippen molar-refractivity contribution in [3.8, 4) is 5.75 Å². The summed E-state index contributed by atoms with van der Waals surface area (Å²) in [5.74, 6) is 2.13. The van der Waals surface area contributed by atoms with Gasteiger partial charge in [0.1, 0.15) is 11.5 Å². The third-order valence-electron chi connectivity index (χ3n) is 3.36. The van der Waals surface area contributed by atoms with Crippen molar-refractivity contribution in [2.24, 2.45) is 0 Å². The Bertz CT molecular complexity index is 768. The van der Waals surface area contributed by atoms with Crippen LogP contribution in [-0.4, -0.2) is 17.5 Å². The van der Waals surface area contributed by atoms with Crippen LogP contribution in [0.4, 0.5) is 0 Å². The number of thioether (sulfide) groups is 1. The molecule has 0 bridgehead atoms. The molecule has 0 aliphatic carbocycles. The fourth-order valence-corrected chi connectivity index (χ4v) is 3.70. The molecule has 0 radical (unpaired) electrons. The highest BCUT2D eigenvalue weighted by atomic mass is 32.2. The Hall–Kier alpha value is -1.98. The first-order valence-corrected chi connectivity index (χ1v) is 12.9. The van der Waals surface area contributed by atoms with Crippen LogP contribution < -0.4 is 4.74 Å². The number of hydrogen-bond acceptors (Lipinski definition) is 5. The lowest BCUT2D eigenvalue weighted by molar-refractivity contribution is 0.0636. The van der Waals surface area contributed by atoms with E-state index in [1.165, 1.54) is 24.0 Å². The summed E-state index contributed by atoms with van der Waals surface area (Å²) in [5, 5.41) is 0. The van der Waals surface area contributed by atoms with Gasteiger partial charge in [-0.1, -0.05) is 109 Å². The number of rotatable bonds is 8. The van der Waals surface area contributed by atoms with Gasteiger partial charge < -0.3 is 9.47 Å². The largest absolute Gasteiger partial charge is 0.462 e. The number of hydrogen-bond donors (Lipinski definition) is 0. The molecule has 3 aromatic rings. The van der Waals surface area contributed by atoms with Gasteiger partial charge in [-0.15, -0.1) is 11.3 Å². The van der Waals surface area contributed by atoms with Crippen molar-refractivity contribution in [3.63, 3.8) is 0 Å². The molecule has 0 aliphatic heterocycles. The van der Waals surface area contributed by atoms with Crippen LogP contribution in [0.15, 0.2) is 71.3 Å². The van der Waals surface area contributed by atoms with Crippen molar-refractivity contribution in [3.05, 3.63) is 66.9 Å². The zero-order valence-corrected chi connectivity index (χ0v) is 21.7. The average Bonchev–Trinajstić information content (AvgIpc) is 3.24. The third kappa shape index (κ3) is 13.8. The van der Waals surface area contributed by atoms with Gasteiger partial charge in [-0.05, 0) is 24.3 Å². The van der Waals surface area contributed by atoms with E-state index in [9.17, 15) is 0 Å². The van der Waals surface area contributed by atoms with Crippen molar-refractivity contribution < 1.29 is 9.47 Å². The molecule has 1 aromatic heterocycles. The number of para-hydroxylation sites is 2. The second-order valence-electron chi connectivity index (χ2n) is 6.20. The number of ether oxygens (including phenoxy) is 2. The van der Waals surface area contributed by atoms with Crippen LogP contribution in [0.25, 0.3) is 10.2 Å². The molecule has 0 aliphatic rings. The molecule has 0 atom stereocenters. The van der Waals surface area contributed by atoms with E-state index in [0.29, 0.717) is 11.5 Å². The highest BCUT2D eigenvalue weighted by Gasteiger charge is 2.05. The Kier molecular flexibility index (Phi) is 18.7. The van der Waals surface area contributed by atoms with Crippen LogP contribution in [0.3, 0.4) is 0 Å². The number of nitrogens with zero attached hydrogens (tertiary/aromatic N) is 1. The van der Waals surface area contributed by atoms with Gasteiger partial charge in [0.25, 0.3) is 0 Å². The number of thiazole rings is 1. The maximum absolute atomic E-state index is 5.48. The lowest BCUT2D eigenvalue weighted by Crippen LogP contribution is -2.03. The van der Waals surface area contributed by atoms with Crippen LogP contribution in [0.5, 0.6) is 5.75 Å². The fourth-order valence-electron chi connectivity index (χ4n) is 1.79. The minimum absolute atomic E-state index is 0.170. The summed E-state index contributed by atoms with van der Waals surface area (Å²) in [7, 11) is 0. The van der Waals surface area contributed by atoms with Crippen LogP contribution in [0.2, 0.25) is 0 Å². The summed E-state index contributed by atoms with van der Waals surface area (Å²) >= 11 is 3.31. The molecule has 0 amide bonds. The first kappa shape index (κ1) is 29.0. The Labute approximate surface area is 197 Å². The highest BCUT2D eigenvalue weighted by Crippen LogP contribution is 2.30. The predicted octanol–water partition coefficient (Wildman–Crippen LogP) is 9.20. The smallest absolute Gasteiger partial charge is 0.230 e. The molecule has 0 spiro atoms. The molecule has 1 heterocycles. The molecule has 5 heteroatoms. The van der Waals surface area contributed by atoms with Gasteiger partial charge in [-0.3, -0.25) is 0 Å². The van der Waals surface area contributed by atoms with Gasteiger partial charge in [0.15, 0.2) is 4.34 Å². The zero-order chi connectivity index (χ0) is 23.3. The second kappa shape index (κ2) is 20.0. The molecule has 0 N–H and O–H groups in total. The van der Waals surface area contributed by atoms with E-state index in [4.69, 9.17) is 9.47 Å². The standard InChI is InChI=1S/C17H15NO2S2.C4H10.C3H8.C2H6/c1-13(19-12-20-14-7-3-2-4-8-14)11-21-17-18-15-9-5-6-10-16(15)22-17;1-3-4-2;1-3-2;1-2/h2-10H,1,11-12H2;3-4H2,1-2H3;3H2,1-2H3;1-2H3. The van der Waals surface area contributed by atoms with Crippen molar-refractivity contribution in [1.82, 2.24) is 4.98 Å². The number of unbranched alkanes of at least 4 members (excludes halogenated alkanes) is 1. The van der Waals surface area contributed by atoms with Crippen molar-refractivity contribution >= 4 is 33.3 Å². The van der Waals surface area contributed by atoms with E-state index in [-0.39, 0.29) is 6.79 Å². The minimum atomic E-state index is 0.170. The number of benzene rings is 2. The average molecular weight is 462 g/mol. The molecule has 0 saturated carbocycles. The maximum atomic E-state index is 5.48. The van der Waals surface area contributed by atoms with E-state index in [0.717, 1.165) is 15.6 Å². The van der Waals surface area contributed by atoms with E-state index in [2.05, 4.69) is 45.3 Å². The van der Waals surface area contributed by atoms with E-state index in [1.807, 2.05) is 62.4 Å². The van der Waals surface area contributed by atoms with E-state index in [1.54, 1.807) is 23.1 Å². The Balaban J connectivity index is 0.000000865. The minimum Gasteiger partial charge on any atom is -0.462 e. The maximum Gasteiger partial charge on any atom is 0.230 e. The molecule has 3 rings (SSSR count). The normalized spacial score (nSPS) is 9.23. The van der Waals surface area contributed by atoms with Gasteiger partial charge in [0, 0.05) is 0 Å². The van der Waals surface area contributed by atoms with Gasteiger partial charge in [0.2, 0.25) is 6.79 Å². The summed E-state index contributed by atoms with van der Waals surface area (Å²) in [6.45, 7) is 16.7. The van der Waals surface area contributed by atoms with E-state index < -0.39 is 0 Å². The van der Waals surface area contributed by atoms with Gasteiger partial charge in [-0.25, -0.2) is 4.98 Å². The van der Waals surface area contributed by atoms with Gasteiger partial charge in [0.05, 0.1) is 16.0 Å². The SMILES string of the molecule is C=C(CSc1nc2ccccc2s1)OCOc1ccccc1.CC.CCC.CCCC. The molecule has 172 valence electrons. The first-order valence-electron chi connectivity index (χ1n) is 11.1. The lowest BCUT2D eigenvalue weighted by Gasteiger charge is -2.09. The van der Waals surface area contributed by atoms with Crippen molar-refractivity contribution in [2.45, 2.75) is 65.1 Å². The van der Waals surface area contributed by atoms with Crippen LogP contribution in [0.1, 0.15) is 60.8 Å². The lowest BCUT2D eigenvalue weighted by atomic mass is 10.3. The zero-order valence-electron chi connectivity index (χ0n) is 20.0. The Morgan fingerprint density at radius 3 is 2.10 bits per heavy atom. The summed E-state index contributed by atoms with van der Waals surface area (Å²) in [5.41, 5.74) is 1.04. The first-order chi connectivity index (χ1) is 15.1. The molecule has 2 aromatic carbocycles. The Morgan fingerprint density at radius 1 is 0.935 bits per heavy atom. The van der Waals surface area contributed by atoms with Crippen molar-refractivity contribution in [2.75, 3.05) is 12.5 Å². The summed E-state index contributed by atoms with van der Waals surface area (Å²) in [4.78, 5) is 4.57. The highest BCUT2D eigenvalue weighted by molar-refractivity contribution is 8.01. The van der Waals surface area contributed by atoms with Crippen LogP contribution >= 0.6 is 23.1 Å². The quantitative estimate of drug-likeness (QED) is 0.190. The molecule has 0 fully saturated rings. The topological polar surface area (TPSA) is 31.4 Å². The molecule has 3 nitrogen and oxygen atoms in total. The summed E-state index contributed by atoms with van der Waals surface area (Å²) < 4.78 is 13.2. The second-order valence-corrected chi connectivity index (χ2v) is 8.45. The monoisotopic (exact) mass is 461 g/mol. The molecule has 31 heavy (non-hydrogen) atoms. The van der Waals surface area contributed by atoms with Gasteiger partial charge in [-0.2, -0.15) is 0 Å². The van der Waals surface area contributed by atoms with Crippen molar-refractivity contribution in [1.29, 1.82) is 0 Å². The molecular formula is C26H39NO2S2. The molecule has 0 saturated heterocycles. The molecule has 0 unspecified atom stereocenters. The number of aromatic nitrogens is 1. The summed E-state index contributed by atoms with van der Waals surface area (Å²) in [6, 6.07) is 17.7.